The number of likely N-dealkylation sites (tertiary alicyclic amines) is 3. The lowest BCUT2D eigenvalue weighted by Crippen LogP contribution is -2.58. The van der Waals surface area contributed by atoms with Crippen LogP contribution in [0.2, 0.25) is 0 Å². The molecule has 12 bridgehead atoms. The second kappa shape index (κ2) is 36.7. The zero-order valence-electron chi connectivity index (χ0n) is 71.2. The van der Waals surface area contributed by atoms with Crippen molar-refractivity contribution in [3.63, 3.8) is 0 Å². The molecule has 0 radical (unpaired) electrons. The van der Waals surface area contributed by atoms with Crippen LogP contribution in [-0.4, -0.2) is 198 Å². The number of rotatable bonds is 18. The van der Waals surface area contributed by atoms with Gasteiger partial charge in [0.05, 0.1) is 58.7 Å². The summed E-state index contributed by atoms with van der Waals surface area (Å²) in [6.45, 7) is 5.65. The van der Waals surface area contributed by atoms with E-state index in [1.807, 2.05) is 0 Å². The minimum Gasteiger partial charge on any atom is -0.481 e. The van der Waals surface area contributed by atoms with Crippen molar-refractivity contribution < 1.29 is 29.7 Å². The molecule has 6 saturated carbocycles. The second-order valence-corrected chi connectivity index (χ2v) is 41.5. The number of carbonyl (C=O) groups is 3. The highest BCUT2D eigenvalue weighted by atomic mass is 16.4. The van der Waals surface area contributed by atoms with Gasteiger partial charge in [-0.05, 0) is 290 Å². The molecule has 18 nitrogen and oxygen atoms in total. The Morgan fingerprint density at radius 1 is 0.308 bits per heavy atom. The number of nitrogens with zero attached hydrogens (tertiary/aromatic N) is 12. The molecule has 3 aromatic heterocycles. The fraction of sp³-hybridized carbons (Fsp3) is 0.758. The third-order valence-electron chi connectivity index (χ3n) is 34.0. The molecule has 3 aromatic carbocycles. The van der Waals surface area contributed by atoms with Crippen molar-refractivity contribution in [2.24, 2.45) is 47.3 Å². The average molecular weight is 1600 g/mol. The zero-order valence-corrected chi connectivity index (χ0v) is 71.2. The van der Waals surface area contributed by atoms with Crippen LogP contribution in [0.25, 0.3) is 33.1 Å². The molecule has 117 heavy (non-hydrogen) atoms. The molecule has 6 aliphatic carbocycles. The Labute approximate surface area is 698 Å². The van der Waals surface area contributed by atoms with E-state index in [0.717, 1.165) is 185 Å². The third kappa shape index (κ3) is 18.2. The molecular formula is C99H144N12O6. The van der Waals surface area contributed by atoms with Crippen molar-refractivity contribution in [1.82, 2.24) is 58.1 Å². The lowest BCUT2D eigenvalue weighted by Gasteiger charge is -2.55. The van der Waals surface area contributed by atoms with Crippen LogP contribution in [0.1, 0.15) is 324 Å². The van der Waals surface area contributed by atoms with Crippen molar-refractivity contribution in [3.8, 4) is 0 Å². The van der Waals surface area contributed by atoms with Crippen LogP contribution >= 0.6 is 0 Å². The summed E-state index contributed by atoms with van der Waals surface area (Å²) in [4.78, 5) is 65.5. The van der Waals surface area contributed by atoms with E-state index in [2.05, 4.69) is 116 Å². The van der Waals surface area contributed by atoms with E-state index < -0.39 is 17.9 Å². The molecule has 636 valence electrons. The minimum absolute atomic E-state index is 0.103. The normalized spacial score (nSPS) is 35.1. The van der Waals surface area contributed by atoms with Gasteiger partial charge in [0.25, 0.3) is 0 Å². The first kappa shape index (κ1) is 80.9. The van der Waals surface area contributed by atoms with E-state index >= 15 is 0 Å². The van der Waals surface area contributed by atoms with E-state index in [4.69, 9.17) is 20.1 Å². The fourth-order valence-corrected chi connectivity index (χ4v) is 29.3. The number of benzene rings is 3. The molecule has 0 amide bonds. The van der Waals surface area contributed by atoms with Gasteiger partial charge in [0.2, 0.25) is 0 Å². The van der Waals surface area contributed by atoms with Gasteiger partial charge in [0, 0.05) is 91.9 Å². The van der Waals surface area contributed by atoms with Crippen LogP contribution in [0.3, 0.4) is 0 Å². The molecule has 3 N–H and O–H groups in total. The summed E-state index contributed by atoms with van der Waals surface area (Å²) in [5.74, 6) is 8.73. The molecule has 9 aliphatic heterocycles. The number of hydrogen-bond acceptors (Lipinski definition) is 12. The molecule has 0 spiro atoms. The van der Waals surface area contributed by atoms with E-state index in [-0.39, 0.29) is 25.6 Å². The Hall–Kier alpha value is -5.76. The van der Waals surface area contributed by atoms with E-state index in [9.17, 15) is 24.6 Å². The smallest absolute Gasteiger partial charge is 0.317 e. The van der Waals surface area contributed by atoms with Crippen LogP contribution in [0.5, 0.6) is 0 Å². The first-order chi connectivity index (χ1) is 57.3. The number of carboxylic acids is 3. The topological polar surface area (TPSA) is 185 Å². The number of fused-ring (bicyclic) bond motifs is 15. The Kier molecular flexibility index (Phi) is 25.4. The molecule has 9 saturated heterocycles. The Balaban J connectivity index is 0.000000117. The molecule has 21 rings (SSSR count). The molecule has 18 heteroatoms. The number of aromatic nitrogens is 6. The van der Waals surface area contributed by atoms with Crippen molar-refractivity contribution in [2.45, 2.75) is 374 Å². The summed E-state index contributed by atoms with van der Waals surface area (Å²) in [6.07, 6.45) is 61.0. The van der Waals surface area contributed by atoms with E-state index in [1.165, 1.54) is 265 Å². The molecule has 19 atom stereocenters. The highest BCUT2D eigenvalue weighted by Gasteiger charge is 2.50. The fourth-order valence-electron chi connectivity index (χ4n) is 29.3. The van der Waals surface area contributed by atoms with Gasteiger partial charge in [-0.1, -0.05) is 139 Å². The summed E-state index contributed by atoms with van der Waals surface area (Å²) in [5, 5.41) is 27.9. The number of imidazole rings is 3. The van der Waals surface area contributed by atoms with Gasteiger partial charge in [-0.3, -0.25) is 38.9 Å². The van der Waals surface area contributed by atoms with E-state index in [1.54, 1.807) is 0 Å². The SMILES string of the molecule is O=C(O)CCN1CCC(Cc2nc3ccccc3n2C2C[C@H]3CCC[C@@H](C2)N3C2C[C@H]3CCCC[C@@H](C2)C3)CC1.O=C(O)CN1CCC(Cc2nc3ccccc3n2C2C[C@H]3CCC[C@@H](C2)N3C2C[C@H]3CCCC[C@@H](C2)C3)CC1.O=C(O)CN1CCCC[C@@H]1c1nc2ccccc2n1C1C[C@H]2CCC[C@@H](C1)N2C1C[C@H]2CCCC[C@@H](C1)C2. The van der Waals surface area contributed by atoms with Gasteiger partial charge in [-0.2, -0.15) is 0 Å². The molecule has 12 heterocycles. The number of aliphatic carboxylic acids is 3. The summed E-state index contributed by atoms with van der Waals surface area (Å²) in [5.41, 5.74) is 7.32. The van der Waals surface area contributed by atoms with Gasteiger partial charge in [0.15, 0.2) is 0 Å². The second-order valence-electron chi connectivity index (χ2n) is 41.5. The van der Waals surface area contributed by atoms with Crippen molar-refractivity contribution in [2.75, 3.05) is 52.4 Å². The van der Waals surface area contributed by atoms with Crippen molar-refractivity contribution in [3.05, 3.63) is 90.3 Å². The monoisotopic (exact) mass is 1600 g/mol. The van der Waals surface area contributed by atoms with Crippen molar-refractivity contribution in [1.29, 1.82) is 0 Å². The number of para-hydroxylation sites is 6. The third-order valence-corrected chi connectivity index (χ3v) is 34.0. The number of hydrogen-bond donors (Lipinski definition) is 3. The summed E-state index contributed by atoms with van der Waals surface area (Å²) in [7, 11) is 0. The summed E-state index contributed by atoms with van der Waals surface area (Å²) in [6, 6.07) is 34.8. The number of carboxylic acid groups (broad SMARTS) is 3. The van der Waals surface area contributed by atoms with E-state index in [0.29, 0.717) is 48.6 Å². The first-order valence-electron chi connectivity index (χ1n) is 48.9. The molecule has 15 fully saturated rings. The minimum atomic E-state index is -0.726. The average Bonchev–Trinajstić information content (AvgIpc) is 1.71. The molecule has 6 aromatic rings. The summed E-state index contributed by atoms with van der Waals surface area (Å²) < 4.78 is 7.99. The van der Waals surface area contributed by atoms with Gasteiger partial charge < -0.3 is 33.9 Å². The maximum absolute atomic E-state index is 11.7. The maximum Gasteiger partial charge on any atom is 0.317 e. The highest BCUT2D eigenvalue weighted by Crippen LogP contribution is 2.53. The predicted molar refractivity (Wildman–Crippen MR) is 464 cm³/mol. The van der Waals surface area contributed by atoms with Gasteiger partial charge in [-0.25, -0.2) is 15.0 Å². The largest absolute Gasteiger partial charge is 0.481 e. The van der Waals surface area contributed by atoms with Crippen LogP contribution in [0, 0.1) is 47.3 Å². The summed E-state index contributed by atoms with van der Waals surface area (Å²) >= 11 is 0. The van der Waals surface area contributed by atoms with Crippen LogP contribution in [-0.2, 0) is 27.2 Å². The van der Waals surface area contributed by atoms with Gasteiger partial charge >= 0.3 is 17.9 Å². The van der Waals surface area contributed by atoms with Crippen molar-refractivity contribution >= 4 is 51.0 Å². The lowest BCUT2D eigenvalue weighted by atomic mass is 9.73. The maximum atomic E-state index is 11.7. The number of piperidine rings is 9. The lowest BCUT2D eigenvalue weighted by molar-refractivity contribution is -0.140. The highest BCUT2D eigenvalue weighted by molar-refractivity contribution is 5.78. The van der Waals surface area contributed by atoms with Crippen LogP contribution in [0.15, 0.2) is 72.8 Å². The first-order valence-corrected chi connectivity index (χ1v) is 48.9. The van der Waals surface area contributed by atoms with Gasteiger partial charge in [-0.15, -0.1) is 0 Å². The van der Waals surface area contributed by atoms with Gasteiger partial charge in [0.1, 0.15) is 17.5 Å². The Morgan fingerprint density at radius 2 is 0.650 bits per heavy atom. The molecule has 6 unspecified atom stereocenters. The van der Waals surface area contributed by atoms with Crippen LogP contribution < -0.4 is 0 Å². The standard InChI is InChI=1S/C34H50N4O2.C33H48N4O2.C32H46N4O2/c39-34(40)14-17-36-15-12-24(13-16-36)21-33-35-31-10-3-4-11-32(31)38(33)30-22-27-8-5-9-28(23-30)37(27)29-19-25-6-1-2-7-26(18-25)20-29;38-33(39)22-35-14-12-23(13-15-35)19-32-34-30-10-3-4-11-31(30)37(32)29-20-26-8-5-9-27(21-29)36(26)28-17-24-6-1-2-7-25(16-24)18-28;37-31(38)21-34-15-6-5-14-30(34)32-33-28-12-3-4-13-29(28)36(32)27-19-24-10-7-11-25(20-27)35(24)26-17-22-8-1-2-9-23(16-22)18-26/h3-4,10-11,24-30H,1-2,5-9,12-23H2,(H,39,40);3-4,10-11,23-29H,1-2,5-9,12-22H2,(H,38,39);3-4,12-13,22-27,30H,1-2,5-11,14-21H2,(H,37,38)/t25-,26+,27-,28+,29?,30?;24-,25+,26-,27+,28?,29?;22-,23+,24-,25+,26?,27?,30-/m..1/s1. The Bertz CT molecular complexity index is 4240. The predicted octanol–water partition coefficient (Wildman–Crippen LogP) is 19.5. The van der Waals surface area contributed by atoms with Crippen LogP contribution in [0.4, 0.5) is 0 Å². The molecule has 15 aliphatic rings. The Morgan fingerprint density at radius 3 is 1.03 bits per heavy atom. The zero-order chi connectivity index (χ0) is 79.0. The quantitative estimate of drug-likeness (QED) is 0.0738. The molecular weight excluding hydrogens is 1450 g/mol.